The first-order valence-electron chi connectivity index (χ1n) is 9.16. The van der Waals surface area contributed by atoms with E-state index in [1.807, 2.05) is 12.1 Å². The maximum atomic E-state index is 15.1. The van der Waals surface area contributed by atoms with Gasteiger partial charge < -0.3 is 9.47 Å². The highest BCUT2D eigenvalue weighted by Crippen LogP contribution is 2.39. The number of rotatable bonds is 5. The van der Waals surface area contributed by atoms with Gasteiger partial charge in [0.2, 0.25) is 0 Å². The van der Waals surface area contributed by atoms with Crippen molar-refractivity contribution in [2.45, 2.75) is 31.6 Å². The molecule has 1 aromatic heterocycles. The van der Waals surface area contributed by atoms with Crippen LogP contribution in [0, 0.1) is 5.82 Å². The molecule has 0 spiro atoms. The van der Waals surface area contributed by atoms with Gasteiger partial charge in [0.15, 0.2) is 5.69 Å². The summed E-state index contributed by atoms with van der Waals surface area (Å²) in [6.45, 7) is 1.09. The zero-order valence-corrected chi connectivity index (χ0v) is 15.2. The number of benzene rings is 1. The lowest BCUT2D eigenvalue weighted by molar-refractivity contribution is 0.0591. The molecule has 2 heterocycles. The third kappa shape index (κ3) is 3.76. The Morgan fingerprint density at radius 2 is 2.22 bits per heavy atom. The van der Waals surface area contributed by atoms with Gasteiger partial charge in [0.1, 0.15) is 5.82 Å². The molecule has 4 rings (SSSR count). The summed E-state index contributed by atoms with van der Waals surface area (Å²) in [5.74, 6) is -0.450. The fourth-order valence-corrected chi connectivity index (χ4v) is 3.31. The Morgan fingerprint density at radius 3 is 2.93 bits per heavy atom. The van der Waals surface area contributed by atoms with Crippen LogP contribution in [0.4, 0.5) is 4.39 Å². The van der Waals surface area contributed by atoms with E-state index in [4.69, 9.17) is 9.47 Å². The summed E-state index contributed by atoms with van der Waals surface area (Å²) in [5, 5.41) is 0. The normalized spacial score (nSPS) is 16.7. The Labute approximate surface area is 157 Å². The molecule has 2 aliphatic rings. The van der Waals surface area contributed by atoms with Crippen LogP contribution in [0.25, 0.3) is 5.57 Å². The van der Waals surface area contributed by atoms with Gasteiger partial charge in [-0.15, -0.1) is 0 Å². The lowest BCUT2D eigenvalue weighted by Gasteiger charge is -2.16. The first-order chi connectivity index (χ1) is 13.2. The van der Waals surface area contributed by atoms with Crippen LogP contribution in [-0.4, -0.2) is 36.3 Å². The minimum atomic E-state index is -0.538. The number of methoxy groups -OCH3 is 1. The van der Waals surface area contributed by atoms with Crippen molar-refractivity contribution in [3.8, 4) is 0 Å². The number of nitrogens with zero attached hydrogens (tertiary/aromatic N) is 2. The molecule has 1 aliphatic carbocycles. The lowest BCUT2D eigenvalue weighted by Crippen LogP contribution is -2.13. The van der Waals surface area contributed by atoms with Gasteiger partial charge in [0.25, 0.3) is 0 Å². The molecule has 1 fully saturated rings. The van der Waals surface area contributed by atoms with Gasteiger partial charge in [-0.1, -0.05) is 24.3 Å². The molecule has 6 heteroatoms. The lowest BCUT2D eigenvalue weighted by atomic mass is 9.96. The number of ether oxygens (including phenoxy) is 2. The van der Waals surface area contributed by atoms with E-state index in [0.717, 1.165) is 24.1 Å². The predicted molar refractivity (Wildman–Crippen MR) is 98.0 cm³/mol. The second-order valence-corrected chi connectivity index (χ2v) is 6.87. The summed E-state index contributed by atoms with van der Waals surface area (Å²) in [5.41, 5.74) is 3.43. The molecule has 1 aromatic carbocycles. The van der Waals surface area contributed by atoms with Crippen molar-refractivity contribution in [1.82, 2.24) is 9.97 Å². The summed E-state index contributed by atoms with van der Waals surface area (Å²) < 4.78 is 25.3. The van der Waals surface area contributed by atoms with E-state index in [-0.39, 0.29) is 17.9 Å². The molecule has 140 valence electrons. The Kier molecular flexibility index (Phi) is 4.99. The summed E-state index contributed by atoms with van der Waals surface area (Å²) in [6, 6.07) is 5.32. The second kappa shape index (κ2) is 7.56. The van der Waals surface area contributed by atoms with Crippen LogP contribution in [-0.2, 0) is 15.9 Å². The predicted octanol–water partition coefficient (Wildman–Crippen LogP) is 3.67. The average molecular weight is 368 g/mol. The van der Waals surface area contributed by atoms with Crippen LogP contribution in [0.3, 0.4) is 0 Å². The van der Waals surface area contributed by atoms with Gasteiger partial charge in [-0.2, -0.15) is 0 Å². The highest BCUT2D eigenvalue weighted by Gasteiger charge is 2.28. The number of esters is 1. The zero-order valence-electron chi connectivity index (χ0n) is 15.2. The van der Waals surface area contributed by atoms with Gasteiger partial charge in [-0.3, -0.25) is 4.98 Å². The number of carbonyl (C=O) groups is 1. The number of carbonyl (C=O) groups excluding carboxylic acids is 1. The van der Waals surface area contributed by atoms with Crippen molar-refractivity contribution in [1.29, 1.82) is 0 Å². The molecular formula is C21H21FN2O3. The SMILES string of the molecule is COC(=O)c1nc(C2CC2)cnc1Cc1cccc(C2=CCOCC2)c1F. The first kappa shape index (κ1) is 17.8. The monoisotopic (exact) mass is 368 g/mol. The van der Waals surface area contributed by atoms with Gasteiger partial charge in [-0.25, -0.2) is 14.2 Å². The van der Waals surface area contributed by atoms with Crippen LogP contribution in [0.15, 0.2) is 30.5 Å². The molecule has 5 nitrogen and oxygen atoms in total. The largest absolute Gasteiger partial charge is 0.464 e. The summed E-state index contributed by atoms with van der Waals surface area (Å²) in [7, 11) is 1.32. The smallest absolute Gasteiger partial charge is 0.358 e. The van der Waals surface area contributed by atoms with E-state index >= 15 is 4.39 Å². The van der Waals surface area contributed by atoms with E-state index in [2.05, 4.69) is 9.97 Å². The minimum absolute atomic E-state index is 0.178. The zero-order chi connectivity index (χ0) is 18.8. The highest BCUT2D eigenvalue weighted by atomic mass is 19.1. The third-order valence-corrected chi connectivity index (χ3v) is 4.99. The van der Waals surface area contributed by atoms with Gasteiger partial charge in [-0.05, 0) is 30.4 Å². The van der Waals surface area contributed by atoms with Gasteiger partial charge >= 0.3 is 5.97 Å². The first-order valence-corrected chi connectivity index (χ1v) is 9.16. The van der Waals surface area contributed by atoms with Crippen LogP contribution in [0.1, 0.15) is 58.2 Å². The molecule has 0 atom stereocenters. The minimum Gasteiger partial charge on any atom is -0.464 e. The molecule has 1 aliphatic heterocycles. The quantitative estimate of drug-likeness (QED) is 0.754. The topological polar surface area (TPSA) is 61.3 Å². The Bertz CT molecular complexity index is 906. The maximum absolute atomic E-state index is 15.1. The molecule has 0 bridgehead atoms. The van der Waals surface area contributed by atoms with Crippen molar-refractivity contribution < 1.29 is 18.7 Å². The standard InChI is InChI=1S/C21H21FN2O3/c1-26-21(25)20-17(23-12-18(24-20)14-5-6-14)11-15-3-2-4-16(19(15)22)13-7-9-27-10-8-13/h2-4,7,12,14H,5-6,8-11H2,1H3. The fourth-order valence-electron chi connectivity index (χ4n) is 3.31. The summed E-state index contributed by atoms with van der Waals surface area (Å²) in [4.78, 5) is 21.1. The molecule has 0 N–H and O–H groups in total. The van der Waals surface area contributed by atoms with Crippen molar-refractivity contribution in [2.75, 3.05) is 20.3 Å². The summed E-state index contributed by atoms with van der Waals surface area (Å²) >= 11 is 0. The molecule has 0 saturated heterocycles. The average Bonchev–Trinajstić information content (AvgIpc) is 3.55. The Morgan fingerprint density at radius 1 is 1.37 bits per heavy atom. The van der Waals surface area contributed by atoms with E-state index in [1.165, 1.54) is 7.11 Å². The Hall–Kier alpha value is -2.60. The van der Waals surface area contributed by atoms with Crippen LogP contribution in [0.5, 0.6) is 0 Å². The van der Waals surface area contributed by atoms with E-state index in [9.17, 15) is 4.79 Å². The van der Waals surface area contributed by atoms with Crippen molar-refractivity contribution in [2.24, 2.45) is 0 Å². The Balaban J connectivity index is 1.68. The summed E-state index contributed by atoms with van der Waals surface area (Å²) in [6.07, 6.45) is 6.60. The maximum Gasteiger partial charge on any atom is 0.358 e. The molecule has 0 amide bonds. The molecule has 0 unspecified atom stereocenters. The fraction of sp³-hybridized carbons (Fsp3) is 0.381. The number of hydrogen-bond acceptors (Lipinski definition) is 5. The number of hydrogen-bond donors (Lipinski definition) is 0. The molecular weight excluding hydrogens is 347 g/mol. The van der Waals surface area contributed by atoms with E-state index in [0.29, 0.717) is 42.4 Å². The van der Waals surface area contributed by atoms with Crippen molar-refractivity contribution >= 4 is 11.5 Å². The number of halogens is 1. The molecule has 1 saturated carbocycles. The second-order valence-electron chi connectivity index (χ2n) is 6.87. The molecule has 0 radical (unpaired) electrons. The van der Waals surface area contributed by atoms with Crippen molar-refractivity contribution in [3.63, 3.8) is 0 Å². The third-order valence-electron chi connectivity index (χ3n) is 4.99. The van der Waals surface area contributed by atoms with Crippen LogP contribution >= 0.6 is 0 Å². The van der Waals surface area contributed by atoms with Gasteiger partial charge in [0.05, 0.1) is 31.7 Å². The number of aromatic nitrogens is 2. The van der Waals surface area contributed by atoms with Crippen molar-refractivity contribution in [3.05, 3.63) is 64.5 Å². The van der Waals surface area contributed by atoms with Gasteiger partial charge in [0, 0.05) is 24.1 Å². The molecule has 27 heavy (non-hydrogen) atoms. The highest BCUT2D eigenvalue weighted by molar-refractivity contribution is 5.88. The molecule has 2 aromatic rings. The van der Waals surface area contributed by atoms with E-state index in [1.54, 1.807) is 18.3 Å². The van der Waals surface area contributed by atoms with Crippen LogP contribution < -0.4 is 0 Å². The van der Waals surface area contributed by atoms with E-state index < -0.39 is 5.97 Å². The van der Waals surface area contributed by atoms with Crippen LogP contribution in [0.2, 0.25) is 0 Å².